The Bertz CT molecular complexity index is 492. The number of halogens is 3. The van der Waals surface area contributed by atoms with Gasteiger partial charge < -0.3 is 19.7 Å². The van der Waals surface area contributed by atoms with Gasteiger partial charge in [-0.15, -0.1) is 0 Å². The summed E-state index contributed by atoms with van der Waals surface area (Å²) < 4.78 is 75.8. The Morgan fingerprint density at radius 2 is 1.41 bits per heavy atom. The van der Waals surface area contributed by atoms with Crippen molar-refractivity contribution in [3.05, 3.63) is 0 Å². The van der Waals surface area contributed by atoms with E-state index in [9.17, 15) is 21.6 Å². The number of hydrogen-bond donors (Lipinski definition) is 4. The molecule has 0 aliphatic heterocycles. The van der Waals surface area contributed by atoms with Crippen LogP contribution in [0.15, 0.2) is 0 Å². The maximum absolute atomic E-state index is 12.9. The van der Waals surface area contributed by atoms with E-state index in [1.807, 2.05) is 0 Å². The predicted octanol–water partition coefficient (Wildman–Crippen LogP) is 3.30. The lowest BCUT2D eigenvalue weighted by molar-refractivity contribution is 0.0254. The van der Waals surface area contributed by atoms with E-state index in [1.54, 1.807) is 0 Å². The Labute approximate surface area is 176 Å². The van der Waals surface area contributed by atoms with Crippen molar-refractivity contribution < 1.29 is 30.7 Å². The van der Waals surface area contributed by atoms with E-state index in [0.29, 0.717) is 19.0 Å². The van der Waals surface area contributed by atoms with Crippen LogP contribution in [0.3, 0.4) is 0 Å². The fourth-order valence-corrected chi connectivity index (χ4v) is 4.53. The molecule has 0 radical (unpaired) electrons. The average Bonchev–Trinajstić information content (AvgIpc) is 3.31. The molecule has 6 nitrogen and oxygen atoms in total. The van der Waals surface area contributed by atoms with Crippen molar-refractivity contribution >= 4 is 22.2 Å². The average molecular weight is 465 g/mol. The maximum Gasteiger partial charge on any atom is 0.273 e. The van der Waals surface area contributed by atoms with Crippen LogP contribution in [-0.4, -0.2) is 60.9 Å². The summed E-state index contributed by atoms with van der Waals surface area (Å²) in [4.78, 5) is 0. The van der Waals surface area contributed by atoms with Gasteiger partial charge in [0.15, 0.2) is 22.2 Å². The molecule has 2 saturated carbocycles. The molecular weight excluding hydrogens is 429 g/mol. The molecule has 0 amide bonds. The molecule has 3 atom stereocenters. The van der Waals surface area contributed by atoms with Gasteiger partial charge in [-0.25, -0.2) is 21.6 Å². The lowest BCUT2D eigenvalue weighted by Crippen LogP contribution is -2.38. The van der Waals surface area contributed by atoms with Gasteiger partial charge in [0.05, 0.1) is 6.54 Å². The van der Waals surface area contributed by atoms with Gasteiger partial charge >= 0.3 is 0 Å². The molecule has 174 valence electrons. The van der Waals surface area contributed by atoms with E-state index in [-0.39, 0.29) is 6.42 Å². The van der Waals surface area contributed by atoms with Crippen LogP contribution in [0, 0.1) is 11.8 Å². The normalized spacial score (nSPS) is 21.6. The second kappa shape index (κ2) is 14.9. The molecule has 2 aliphatic rings. The monoisotopic (exact) mass is 464 g/mol. The SMILES string of the molecule is O=S(O)C(F)CCNCC1CCCC1.O=S(O)CC(F)(F)CNCC1CCCC1. The lowest BCUT2D eigenvalue weighted by Gasteiger charge is -2.16. The van der Waals surface area contributed by atoms with Crippen molar-refractivity contribution in [1.29, 1.82) is 0 Å². The maximum atomic E-state index is 12.9. The van der Waals surface area contributed by atoms with E-state index < -0.39 is 45.9 Å². The first-order valence-electron chi connectivity index (χ1n) is 10.3. The molecule has 0 heterocycles. The molecule has 0 aromatic heterocycles. The number of alkyl halides is 3. The van der Waals surface area contributed by atoms with Crippen LogP contribution in [0.4, 0.5) is 13.2 Å². The summed E-state index contributed by atoms with van der Waals surface area (Å²) in [6.07, 6.45) is 9.82. The second-order valence-electron chi connectivity index (χ2n) is 7.93. The zero-order valence-corrected chi connectivity index (χ0v) is 18.4. The van der Waals surface area contributed by atoms with Crippen molar-refractivity contribution in [3.63, 3.8) is 0 Å². The van der Waals surface area contributed by atoms with Crippen LogP contribution >= 0.6 is 0 Å². The van der Waals surface area contributed by atoms with E-state index >= 15 is 0 Å². The van der Waals surface area contributed by atoms with Crippen molar-refractivity contribution in [2.24, 2.45) is 11.8 Å². The summed E-state index contributed by atoms with van der Waals surface area (Å²) in [5.74, 6) is -2.84. The fraction of sp³-hybridized carbons (Fsp3) is 1.00. The third-order valence-corrected chi connectivity index (χ3v) is 6.64. The summed E-state index contributed by atoms with van der Waals surface area (Å²) >= 11 is -4.75. The van der Waals surface area contributed by atoms with Gasteiger partial charge in [0.1, 0.15) is 5.75 Å². The molecule has 4 N–H and O–H groups in total. The van der Waals surface area contributed by atoms with Crippen LogP contribution in [0.2, 0.25) is 0 Å². The van der Waals surface area contributed by atoms with E-state index in [0.717, 1.165) is 25.3 Å². The molecular formula is C18H35F3N2O4S2. The molecule has 11 heteroatoms. The van der Waals surface area contributed by atoms with Crippen LogP contribution < -0.4 is 10.6 Å². The van der Waals surface area contributed by atoms with Crippen LogP contribution in [-0.2, 0) is 22.2 Å². The first-order chi connectivity index (χ1) is 13.7. The van der Waals surface area contributed by atoms with Gasteiger partial charge in [-0.3, -0.25) is 0 Å². The summed E-state index contributed by atoms with van der Waals surface area (Å²) in [5.41, 5.74) is -1.61. The van der Waals surface area contributed by atoms with Gasteiger partial charge in [0, 0.05) is 6.42 Å². The zero-order chi connectivity index (χ0) is 21.7. The Morgan fingerprint density at radius 1 is 0.931 bits per heavy atom. The first kappa shape index (κ1) is 27.0. The molecule has 0 aromatic rings. The zero-order valence-electron chi connectivity index (χ0n) is 16.8. The minimum atomic E-state index is -3.09. The van der Waals surface area contributed by atoms with Gasteiger partial charge in [0.2, 0.25) is 5.50 Å². The molecule has 2 rings (SSSR count). The number of hydrogen-bond acceptors (Lipinski definition) is 4. The predicted molar refractivity (Wildman–Crippen MR) is 111 cm³/mol. The van der Waals surface area contributed by atoms with E-state index in [2.05, 4.69) is 10.6 Å². The minimum Gasteiger partial charge on any atom is -0.316 e. The summed E-state index contributed by atoms with van der Waals surface area (Å²) in [6, 6.07) is 0. The molecule has 0 bridgehead atoms. The molecule has 0 spiro atoms. The second-order valence-corrected chi connectivity index (χ2v) is 9.93. The van der Waals surface area contributed by atoms with Crippen LogP contribution in [0.25, 0.3) is 0 Å². The van der Waals surface area contributed by atoms with E-state index in [1.165, 1.54) is 38.5 Å². The third-order valence-electron chi connectivity index (χ3n) is 5.30. The Hall–Kier alpha value is -0.0700. The van der Waals surface area contributed by atoms with E-state index in [4.69, 9.17) is 9.11 Å². The smallest absolute Gasteiger partial charge is 0.273 e. The van der Waals surface area contributed by atoms with Gasteiger partial charge in [-0.1, -0.05) is 25.7 Å². The highest BCUT2D eigenvalue weighted by atomic mass is 32.2. The minimum absolute atomic E-state index is 0.121. The van der Waals surface area contributed by atoms with Gasteiger partial charge in [0.25, 0.3) is 5.92 Å². The van der Waals surface area contributed by atoms with Crippen molar-refractivity contribution in [1.82, 2.24) is 10.6 Å². The first-order valence-corrected chi connectivity index (χ1v) is 12.7. The topological polar surface area (TPSA) is 98.7 Å². The van der Waals surface area contributed by atoms with Crippen LogP contribution in [0.1, 0.15) is 57.8 Å². The molecule has 2 aliphatic carbocycles. The summed E-state index contributed by atoms with van der Waals surface area (Å²) in [6.45, 7) is 1.50. The molecule has 2 fully saturated rings. The molecule has 3 unspecified atom stereocenters. The highest BCUT2D eigenvalue weighted by molar-refractivity contribution is 7.79. The van der Waals surface area contributed by atoms with Crippen molar-refractivity contribution in [3.8, 4) is 0 Å². The third kappa shape index (κ3) is 13.8. The highest BCUT2D eigenvalue weighted by Crippen LogP contribution is 2.24. The van der Waals surface area contributed by atoms with Gasteiger partial charge in [-0.05, 0) is 57.2 Å². The lowest BCUT2D eigenvalue weighted by atomic mass is 10.1. The molecule has 0 aromatic carbocycles. The van der Waals surface area contributed by atoms with Crippen LogP contribution in [0.5, 0.6) is 0 Å². The van der Waals surface area contributed by atoms with Crippen molar-refractivity contribution in [2.75, 3.05) is 31.9 Å². The van der Waals surface area contributed by atoms with Gasteiger partial charge in [-0.2, -0.15) is 0 Å². The fourth-order valence-electron chi connectivity index (χ4n) is 3.74. The standard InChI is InChI=1S/C9H17F2NO2S.C9H18FNO2S/c10-9(11,7-15(13)14)6-12-5-8-3-1-2-4-8;10-9(14(12)13)5-6-11-7-8-3-1-2-4-8/h8,12H,1-7H2,(H,13,14);8-9,11H,1-7H2,(H,12,13). The highest BCUT2D eigenvalue weighted by Gasteiger charge is 2.31. The number of rotatable bonds is 12. The Balaban J connectivity index is 0.000000291. The largest absolute Gasteiger partial charge is 0.316 e. The molecule has 0 saturated heterocycles. The Morgan fingerprint density at radius 3 is 1.86 bits per heavy atom. The summed E-state index contributed by atoms with van der Waals surface area (Å²) in [7, 11) is 0. The number of nitrogens with one attached hydrogen (secondary N) is 2. The van der Waals surface area contributed by atoms with Crippen molar-refractivity contribution in [2.45, 2.75) is 69.2 Å². The quantitative estimate of drug-likeness (QED) is 0.261. The molecule has 29 heavy (non-hydrogen) atoms. The Kier molecular flexibility index (Phi) is 13.8. The summed E-state index contributed by atoms with van der Waals surface area (Å²) in [5, 5.41) is 5.80.